The van der Waals surface area contributed by atoms with E-state index in [4.69, 9.17) is 4.74 Å². The molecule has 0 bridgehead atoms. The highest BCUT2D eigenvalue weighted by atomic mass is 16.5. The van der Waals surface area contributed by atoms with E-state index < -0.39 is 0 Å². The minimum absolute atomic E-state index is 0.564. The van der Waals surface area contributed by atoms with Gasteiger partial charge in [-0.05, 0) is 35.8 Å². The molecule has 1 aliphatic heterocycles. The predicted molar refractivity (Wildman–Crippen MR) is 99.1 cm³/mol. The van der Waals surface area contributed by atoms with Crippen LogP contribution < -0.4 is 5.32 Å². The first-order valence-electron chi connectivity index (χ1n) is 9.27. The lowest BCUT2D eigenvalue weighted by atomic mass is 9.73. The molecule has 2 fully saturated rings. The predicted octanol–water partition coefficient (Wildman–Crippen LogP) is 3.56. The number of guanidine groups is 1. The first kappa shape index (κ1) is 17.3. The van der Waals surface area contributed by atoms with Crippen LogP contribution in [0.25, 0.3) is 0 Å². The summed E-state index contributed by atoms with van der Waals surface area (Å²) in [7, 11) is 3.64. The maximum Gasteiger partial charge on any atom is 0.193 e. The maximum absolute atomic E-state index is 5.22. The molecule has 2 aliphatic rings. The van der Waals surface area contributed by atoms with Crippen molar-refractivity contribution in [2.75, 3.05) is 27.2 Å². The molecule has 0 radical (unpaired) electrons. The summed E-state index contributed by atoms with van der Waals surface area (Å²) in [6.45, 7) is 3.80. The molecule has 1 saturated heterocycles. The van der Waals surface area contributed by atoms with E-state index in [0.717, 1.165) is 19.0 Å². The van der Waals surface area contributed by atoms with Crippen LogP contribution in [0.3, 0.4) is 0 Å². The zero-order chi connectivity index (χ0) is 16.8. The van der Waals surface area contributed by atoms with Crippen LogP contribution in [0.4, 0.5) is 0 Å². The molecular weight excluding hydrogens is 298 g/mol. The van der Waals surface area contributed by atoms with Crippen molar-refractivity contribution in [2.45, 2.75) is 51.7 Å². The second-order valence-corrected chi connectivity index (χ2v) is 7.39. The Morgan fingerprint density at radius 3 is 2.75 bits per heavy atom. The van der Waals surface area contributed by atoms with Gasteiger partial charge < -0.3 is 15.0 Å². The van der Waals surface area contributed by atoms with Crippen LogP contribution in [0.1, 0.15) is 49.7 Å². The Hall–Kier alpha value is -1.55. The van der Waals surface area contributed by atoms with E-state index in [2.05, 4.69) is 39.5 Å². The molecular formula is C20H31N3O. The zero-order valence-electron chi connectivity index (χ0n) is 15.2. The largest absolute Gasteiger partial charge is 0.380 e. The van der Waals surface area contributed by atoms with Gasteiger partial charge >= 0.3 is 0 Å². The fourth-order valence-corrected chi connectivity index (χ4v) is 4.34. The number of nitrogens with one attached hydrogen (secondary N) is 1. The minimum Gasteiger partial charge on any atom is -0.380 e. The van der Waals surface area contributed by atoms with E-state index in [-0.39, 0.29) is 0 Å². The van der Waals surface area contributed by atoms with Gasteiger partial charge in [0.15, 0.2) is 5.96 Å². The summed E-state index contributed by atoms with van der Waals surface area (Å²) < 4.78 is 5.22. The van der Waals surface area contributed by atoms with Crippen molar-refractivity contribution in [3.63, 3.8) is 0 Å². The van der Waals surface area contributed by atoms with Gasteiger partial charge in [0.05, 0.1) is 6.61 Å². The average Bonchev–Trinajstić information content (AvgIpc) is 3.00. The summed E-state index contributed by atoms with van der Waals surface area (Å²) in [5.74, 6) is 1.05. The van der Waals surface area contributed by atoms with Crippen molar-refractivity contribution in [2.24, 2.45) is 10.4 Å². The minimum atomic E-state index is 0.564. The number of aliphatic imine (C=N–C) groups is 1. The lowest BCUT2D eigenvalue weighted by Gasteiger charge is -2.33. The molecule has 0 unspecified atom stereocenters. The summed E-state index contributed by atoms with van der Waals surface area (Å²) >= 11 is 0. The fraction of sp³-hybridized carbons (Fsp3) is 0.650. The van der Waals surface area contributed by atoms with Crippen molar-refractivity contribution >= 4 is 5.96 Å². The molecule has 1 saturated carbocycles. The van der Waals surface area contributed by atoms with E-state index in [1.54, 1.807) is 7.11 Å². The Labute approximate surface area is 146 Å². The molecule has 1 aromatic carbocycles. The molecule has 1 N–H and O–H groups in total. The highest BCUT2D eigenvalue weighted by Crippen LogP contribution is 2.43. The van der Waals surface area contributed by atoms with E-state index in [0.29, 0.717) is 12.0 Å². The van der Waals surface area contributed by atoms with E-state index >= 15 is 0 Å². The van der Waals surface area contributed by atoms with Gasteiger partial charge in [0.25, 0.3) is 0 Å². The van der Waals surface area contributed by atoms with Crippen LogP contribution in [0.2, 0.25) is 0 Å². The standard InChI is InChI=1S/C20H31N3O/c1-21-19(22-14-17-7-6-8-18(13-17)15-24-2)23-12-11-20(16-23)9-4-3-5-10-20/h6-8,13H,3-5,9-12,14-16H2,1-2H3,(H,21,22). The number of ether oxygens (including phenoxy) is 1. The van der Waals surface area contributed by atoms with Crippen molar-refractivity contribution < 1.29 is 4.74 Å². The Kier molecular flexibility index (Phi) is 5.77. The number of likely N-dealkylation sites (tertiary alicyclic amines) is 1. The average molecular weight is 329 g/mol. The molecule has 0 aromatic heterocycles. The lowest BCUT2D eigenvalue weighted by Crippen LogP contribution is -2.41. The summed E-state index contributed by atoms with van der Waals surface area (Å²) in [4.78, 5) is 6.99. The molecule has 0 amide bonds. The third-order valence-electron chi connectivity index (χ3n) is 5.62. The van der Waals surface area contributed by atoms with Crippen LogP contribution in [0, 0.1) is 5.41 Å². The summed E-state index contributed by atoms with van der Waals surface area (Å²) in [6, 6.07) is 8.57. The van der Waals surface area contributed by atoms with Crippen LogP contribution in [0.5, 0.6) is 0 Å². The molecule has 24 heavy (non-hydrogen) atoms. The van der Waals surface area contributed by atoms with Crippen LogP contribution in [-0.4, -0.2) is 38.1 Å². The topological polar surface area (TPSA) is 36.9 Å². The second kappa shape index (κ2) is 8.02. The van der Waals surface area contributed by atoms with Gasteiger partial charge in [0.2, 0.25) is 0 Å². The van der Waals surface area contributed by atoms with Gasteiger partial charge in [0, 0.05) is 33.8 Å². The van der Waals surface area contributed by atoms with Gasteiger partial charge in [-0.25, -0.2) is 0 Å². The first-order chi connectivity index (χ1) is 11.7. The van der Waals surface area contributed by atoms with Crippen molar-refractivity contribution in [3.05, 3.63) is 35.4 Å². The van der Waals surface area contributed by atoms with E-state index in [1.165, 1.54) is 56.2 Å². The van der Waals surface area contributed by atoms with Crippen LogP contribution >= 0.6 is 0 Å². The maximum atomic E-state index is 5.22. The van der Waals surface area contributed by atoms with Crippen molar-refractivity contribution in [1.29, 1.82) is 0 Å². The Morgan fingerprint density at radius 1 is 1.21 bits per heavy atom. The number of nitrogens with zero attached hydrogens (tertiary/aromatic N) is 2. The summed E-state index contributed by atoms with van der Waals surface area (Å²) in [5.41, 5.74) is 3.06. The molecule has 1 aliphatic carbocycles. The molecule has 4 heteroatoms. The number of benzene rings is 1. The third kappa shape index (κ3) is 4.10. The summed E-state index contributed by atoms with van der Waals surface area (Å²) in [5, 5.41) is 3.55. The van der Waals surface area contributed by atoms with Crippen LogP contribution in [-0.2, 0) is 17.9 Å². The Morgan fingerprint density at radius 2 is 2.00 bits per heavy atom. The quantitative estimate of drug-likeness (QED) is 0.678. The monoisotopic (exact) mass is 329 g/mol. The van der Waals surface area contributed by atoms with Gasteiger partial charge in [-0.3, -0.25) is 4.99 Å². The first-order valence-corrected chi connectivity index (χ1v) is 9.27. The highest BCUT2D eigenvalue weighted by Gasteiger charge is 2.39. The third-order valence-corrected chi connectivity index (χ3v) is 5.62. The Bertz CT molecular complexity index is 564. The molecule has 1 spiro atoms. The highest BCUT2D eigenvalue weighted by molar-refractivity contribution is 5.80. The molecule has 132 valence electrons. The van der Waals surface area contributed by atoms with Crippen molar-refractivity contribution in [3.8, 4) is 0 Å². The van der Waals surface area contributed by atoms with Gasteiger partial charge in [-0.15, -0.1) is 0 Å². The van der Waals surface area contributed by atoms with Gasteiger partial charge in [0.1, 0.15) is 0 Å². The van der Waals surface area contributed by atoms with Gasteiger partial charge in [-0.2, -0.15) is 0 Å². The van der Waals surface area contributed by atoms with E-state index in [1.807, 2.05) is 7.05 Å². The molecule has 3 rings (SSSR count). The molecule has 1 aromatic rings. The number of hydrogen-bond donors (Lipinski definition) is 1. The molecule has 0 atom stereocenters. The smallest absolute Gasteiger partial charge is 0.193 e. The van der Waals surface area contributed by atoms with E-state index in [9.17, 15) is 0 Å². The number of methoxy groups -OCH3 is 1. The SMILES string of the molecule is CN=C(NCc1cccc(COC)c1)N1CCC2(CCCCC2)C1. The zero-order valence-corrected chi connectivity index (χ0v) is 15.2. The fourth-order valence-electron chi connectivity index (χ4n) is 4.34. The van der Waals surface area contributed by atoms with Crippen LogP contribution in [0.15, 0.2) is 29.3 Å². The molecule has 1 heterocycles. The Balaban J connectivity index is 1.57. The van der Waals surface area contributed by atoms with Gasteiger partial charge in [-0.1, -0.05) is 43.5 Å². The number of rotatable bonds is 4. The second-order valence-electron chi connectivity index (χ2n) is 7.39. The lowest BCUT2D eigenvalue weighted by molar-refractivity contribution is 0.185. The normalized spacial score (nSPS) is 20.6. The van der Waals surface area contributed by atoms with Crippen molar-refractivity contribution in [1.82, 2.24) is 10.2 Å². The molecule has 4 nitrogen and oxygen atoms in total. The summed E-state index contributed by atoms with van der Waals surface area (Å²) in [6.07, 6.45) is 8.38. The number of hydrogen-bond acceptors (Lipinski definition) is 2.